The maximum atomic E-state index is 10.7. The number of ether oxygens (including phenoxy) is 1. The largest absolute Gasteiger partial charge is 0.374 e. The number of benzene rings is 1. The first-order chi connectivity index (χ1) is 10.1. The van der Waals surface area contributed by atoms with Crippen molar-refractivity contribution in [2.75, 3.05) is 26.2 Å². The van der Waals surface area contributed by atoms with Gasteiger partial charge in [0.25, 0.3) is 0 Å². The van der Waals surface area contributed by atoms with E-state index >= 15 is 0 Å². The summed E-state index contributed by atoms with van der Waals surface area (Å²) in [4.78, 5) is 13.1. The summed E-state index contributed by atoms with van der Waals surface area (Å²) in [5.74, 6) is 0.275. The lowest BCUT2D eigenvalue weighted by molar-refractivity contribution is -0.112. The molecule has 1 heterocycles. The lowest BCUT2D eigenvalue weighted by atomic mass is 9.98. The van der Waals surface area contributed by atoms with E-state index in [1.165, 1.54) is 5.56 Å². The number of carbonyl (C=O) groups excluding carboxylic acids is 1. The Hall–Kier alpha value is -1.19. The predicted octanol–water partition coefficient (Wildman–Crippen LogP) is 2.94. The lowest BCUT2D eigenvalue weighted by Crippen LogP contribution is -2.38. The Morgan fingerprint density at radius 2 is 1.90 bits per heavy atom. The molecule has 3 heteroatoms. The lowest BCUT2D eigenvalue weighted by Gasteiger charge is -2.31. The Kier molecular flexibility index (Phi) is 5.95. The van der Waals surface area contributed by atoms with Crippen LogP contribution in [0.3, 0.4) is 0 Å². The van der Waals surface area contributed by atoms with Crippen molar-refractivity contribution in [3.8, 4) is 0 Å². The molecule has 1 fully saturated rings. The molecule has 116 valence electrons. The number of rotatable bonds is 7. The van der Waals surface area contributed by atoms with Gasteiger partial charge in [0, 0.05) is 18.9 Å². The van der Waals surface area contributed by atoms with Crippen LogP contribution in [0.2, 0.25) is 0 Å². The molecule has 1 aromatic rings. The second kappa shape index (κ2) is 7.71. The number of hydrogen-bond acceptors (Lipinski definition) is 3. The van der Waals surface area contributed by atoms with E-state index in [0.29, 0.717) is 0 Å². The van der Waals surface area contributed by atoms with Gasteiger partial charge in [-0.1, -0.05) is 30.3 Å². The maximum Gasteiger partial charge on any atom is 0.123 e. The minimum Gasteiger partial charge on any atom is -0.374 e. The molecule has 1 aromatic carbocycles. The van der Waals surface area contributed by atoms with Gasteiger partial charge in [-0.25, -0.2) is 0 Å². The van der Waals surface area contributed by atoms with Crippen molar-refractivity contribution < 1.29 is 9.53 Å². The number of nitrogens with zero attached hydrogens (tertiary/aromatic N) is 1. The van der Waals surface area contributed by atoms with Crippen LogP contribution in [0.4, 0.5) is 0 Å². The molecule has 3 nitrogen and oxygen atoms in total. The number of carbonyl (C=O) groups is 1. The first kappa shape index (κ1) is 16.2. The molecule has 0 bridgehead atoms. The van der Waals surface area contributed by atoms with Gasteiger partial charge in [-0.05, 0) is 45.3 Å². The van der Waals surface area contributed by atoms with Crippen molar-refractivity contribution in [3.63, 3.8) is 0 Å². The van der Waals surface area contributed by atoms with Gasteiger partial charge in [0.1, 0.15) is 6.29 Å². The average Bonchev–Trinajstić information content (AvgIpc) is 2.48. The van der Waals surface area contributed by atoms with Crippen LogP contribution < -0.4 is 0 Å². The number of hydrogen-bond donors (Lipinski definition) is 0. The topological polar surface area (TPSA) is 29.5 Å². The van der Waals surface area contributed by atoms with E-state index in [-0.39, 0.29) is 11.5 Å². The van der Waals surface area contributed by atoms with Gasteiger partial charge in [-0.3, -0.25) is 0 Å². The van der Waals surface area contributed by atoms with E-state index < -0.39 is 0 Å². The maximum absolute atomic E-state index is 10.7. The molecule has 0 unspecified atom stereocenters. The SMILES string of the molecule is CC(C)(Cc1ccccc1)OCCN1CCC(C=O)CC1. The van der Waals surface area contributed by atoms with Crippen LogP contribution in [0.1, 0.15) is 32.3 Å². The van der Waals surface area contributed by atoms with Crippen molar-refractivity contribution in [1.29, 1.82) is 0 Å². The predicted molar refractivity (Wildman–Crippen MR) is 85.4 cm³/mol. The molecule has 0 radical (unpaired) electrons. The number of piperidine rings is 1. The van der Waals surface area contributed by atoms with Crippen LogP contribution in [0.5, 0.6) is 0 Å². The van der Waals surface area contributed by atoms with Crippen molar-refractivity contribution in [2.45, 2.75) is 38.7 Å². The van der Waals surface area contributed by atoms with E-state index in [1.807, 2.05) is 6.07 Å². The van der Waals surface area contributed by atoms with E-state index in [9.17, 15) is 4.79 Å². The highest BCUT2D eigenvalue weighted by atomic mass is 16.5. The first-order valence-corrected chi connectivity index (χ1v) is 7.94. The highest BCUT2D eigenvalue weighted by molar-refractivity contribution is 5.53. The summed E-state index contributed by atoms with van der Waals surface area (Å²) in [5.41, 5.74) is 1.18. The highest BCUT2D eigenvalue weighted by Gasteiger charge is 2.21. The zero-order valence-electron chi connectivity index (χ0n) is 13.3. The van der Waals surface area contributed by atoms with E-state index in [4.69, 9.17) is 4.74 Å². The van der Waals surface area contributed by atoms with Crippen molar-refractivity contribution in [3.05, 3.63) is 35.9 Å². The fraction of sp³-hybridized carbons (Fsp3) is 0.611. The molecule has 0 aliphatic carbocycles. The normalized spacial score (nSPS) is 17.8. The smallest absolute Gasteiger partial charge is 0.123 e. The quantitative estimate of drug-likeness (QED) is 0.723. The summed E-state index contributed by atoms with van der Waals surface area (Å²) in [7, 11) is 0. The summed E-state index contributed by atoms with van der Waals surface area (Å²) in [6.45, 7) is 8.06. The molecule has 0 aromatic heterocycles. The van der Waals surface area contributed by atoms with Gasteiger partial charge in [-0.15, -0.1) is 0 Å². The van der Waals surface area contributed by atoms with Crippen LogP contribution >= 0.6 is 0 Å². The second-order valence-electron chi connectivity index (χ2n) is 6.59. The van der Waals surface area contributed by atoms with E-state index in [2.05, 4.69) is 43.0 Å². The van der Waals surface area contributed by atoms with Crippen molar-refractivity contribution in [2.24, 2.45) is 5.92 Å². The molecule has 1 saturated heterocycles. The van der Waals surface area contributed by atoms with Crippen LogP contribution in [-0.4, -0.2) is 43.0 Å². The molecular weight excluding hydrogens is 262 g/mol. The number of likely N-dealkylation sites (tertiary alicyclic amines) is 1. The third kappa shape index (κ3) is 5.60. The van der Waals surface area contributed by atoms with Gasteiger partial charge in [0.05, 0.1) is 12.2 Å². The third-order valence-corrected chi connectivity index (χ3v) is 4.20. The van der Waals surface area contributed by atoms with Gasteiger partial charge in [-0.2, -0.15) is 0 Å². The van der Waals surface area contributed by atoms with E-state index in [0.717, 1.165) is 51.8 Å². The minimum absolute atomic E-state index is 0.136. The van der Waals surface area contributed by atoms with Gasteiger partial charge in [0.2, 0.25) is 0 Å². The number of aldehydes is 1. The second-order valence-corrected chi connectivity index (χ2v) is 6.59. The molecule has 0 atom stereocenters. The van der Waals surface area contributed by atoms with Gasteiger partial charge in [0.15, 0.2) is 0 Å². The third-order valence-electron chi connectivity index (χ3n) is 4.20. The van der Waals surface area contributed by atoms with Crippen molar-refractivity contribution in [1.82, 2.24) is 4.90 Å². The fourth-order valence-electron chi connectivity index (χ4n) is 2.90. The highest BCUT2D eigenvalue weighted by Crippen LogP contribution is 2.18. The summed E-state index contributed by atoms with van der Waals surface area (Å²) in [5, 5.41) is 0. The van der Waals surface area contributed by atoms with Gasteiger partial charge >= 0.3 is 0 Å². The minimum atomic E-state index is -0.136. The summed E-state index contributed by atoms with van der Waals surface area (Å²) in [6, 6.07) is 10.5. The molecule has 1 aliphatic rings. The van der Waals surface area contributed by atoms with Crippen LogP contribution in [-0.2, 0) is 16.0 Å². The monoisotopic (exact) mass is 289 g/mol. The summed E-state index contributed by atoms with van der Waals surface area (Å²) < 4.78 is 6.08. The molecule has 1 aliphatic heterocycles. The van der Waals surface area contributed by atoms with Crippen LogP contribution in [0.15, 0.2) is 30.3 Å². The molecular formula is C18H27NO2. The molecule has 0 spiro atoms. The standard InChI is InChI=1S/C18H27NO2/c1-18(2,14-16-6-4-3-5-7-16)21-13-12-19-10-8-17(15-20)9-11-19/h3-7,15,17H,8-14H2,1-2H3. The summed E-state index contributed by atoms with van der Waals surface area (Å²) in [6.07, 6.45) is 4.03. The van der Waals surface area contributed by atoms with Gasteiger partial charge < -0.3 is 14.4 Å². The zero-order valence-corrected chi connectivity index (χ0v) is 13.3. The molecule has 2 rings (SSSR count). The Bertz CT molecular complexity index is 422. The van der Waals surface area contributed by atoms with Crippen LogP contribution in [0.25, 0.3) is 0 Å². The average molecular weight is 289 g/mol. The Balaban J connectivity index is 1.69. The Morgan fingerprint density at radius 3 is 2.52 bits per heavy atom. The fourth-order valence-corrected chi connectivity index (χ4v) is 2.90. The Morgan fingerprint density at radius 1 is 1.24 bits per heavy atom. The van der Waals surface area contributed by atoms with E-state index in [1.54, 1.807) is 0 Å². The van der Waals surface area contributed by atoms with Crippen molar-refractivity contribution >= 4 is 6.29 Å². The first-order valence-electron chi connectivity index (χ1n) is 7.94. The molecule has 0 saturated carbocycles. The van der Waals surface area contributed by atoms with Crippen LogP contribution in [0, 0.1) is 5.92 Å². The Labute approximate surface area is 128 Å². The molecule has 21 heavy (non-hydrogen) atoms. The molecule has 0 amide bonds. The zero-order chi connectivity index (χ0) is 15.1. The molecule has 0 N–H and O–H groups in total. The summed E-state index contributed by atoms with van der Waals surface area (Å²) >= 11 is 0.